The summed E-state index contributed by atoms with van der Waals surface area (Å²) in [6.07, 6.45) is -11.1. The summed E-state index contributed by atoms with van der Waals surface area (Å²) >= 11 is 0. The number of alkyl halides is 6. The lowest BCUT2D eigenvalue weighted by molar-refractivity contribution is -0.148. The molecule has 0 saturated carbocycles. The Labute approximate surface area is 90.5 Å². The molecule has 0 aliphatic heterocycles. The van der Waals surface area contributed by atoms with Crippen molar-refractivity contribution in [1.82, 2.24) is 9.97 Å². The Morgan fingerprint density at radius 1 is 1.00 bits per heavy atom. The van der Waals surface area contributed by atoms with Crippen LogP contribution in [0.2, 0.25) is 0 Å². The number of halogens is 6. The van der Waals surface area contributed by atoms with Crippen LogP contribution in [0.25, 0.3) is 0 Å². The van der Waals surface area contributed by atoms with E-state index >= 15 is 0 Å². The molecule has 0 bridgehead atoms. The molecule has 0 aliphatic carbocycles. The molecule has 0 saturated heterocycles. The van der Waals surface area contributed by atoms with Crippen molar-refractivity contribution in [2.75, 3.05) is 0 Å². The summed E-state index contributed by atoms with van der Waals surface area (Å²) < 4.78 is 74.2. The normalized spacial score (nSPS) is 12.6. The maximum atomic E-state index is 12.4. The Morgan fingerprint density at radius 2 is 1.41 bits per heavy atom. The molecule has 3 nitrogen and oxygen atoms in total. The molecule has 0 atom stereocenters. The number of nitrogens with zero attached hydrogens (tertiary/aromatic N) is 2. The summed E-state index contributed by atoms with van der Waals surface area (Å²) in [6.45, 7) is 0. The van der Waals surface area contributed by atoms with Gasteiger partial charge in [0, 0.05) is 12.0 Å². The zero-order chi connectivity index (χ0) is 13.3. The highest BCUT2D eigenvalue weighted by Gasteiger charge is 2.42. The Hall–Kier alpha value is -1.67. The molecular weight excluding hydrogens is 254 g/mol. The van der Waals surface area contributed by atoms with Gasteiger partial charge in [0.15, 0.2) is 11.4 Å². The fourth-order valence-corrected chi connectivity index (χ4v) is 1.18. The van der Waals surface area contributed by atoms with Crippen LogP contribution in [-0.4, -0.2) is 16.3 Å². The smallest absolute Gasteiger partial charge is 0.303 e. The van der Waals surface area contributed by atoms with Gasteiger partial charge in [-0.15, -0.1) is 0 Å². The number of hydrogen-bond acceptors (Lipinski definition) is 3. The number of rotatable bonds is 2. The fraction of sp³-hybridized carbons (Fsp3) is 0.375. The lowest BCUT2D eigenvalue weighted by Crippen LogP contribution is -2.20. The molecule has 0 amide bonds. The summed E-state index contributed by atoms with van der Waals surface area (Å²) in [5.41, 5.74) is -4.75. The Bertz CT molecular complexity index is 393. The summed E-state index contributed by atoms with van der Waals surface area (Å²) in [7, 11) is 0. The first kappa shape index (κ1) is 13.4. The van der Waals surface area contributed by atoms with Crippen LogP contribution in [0.4, 0.5) is 26.3 Å². The molecule has 0 aromatic carbocycles. The lowest BCUT2D eigenvalue weighted by atomic mass is 10.1. The zero-order valence-electron chi connectivity index (χ0n) is 7.93. The van der Waals surface area contributed by atoms with Gasteiger partial charge in [-0.25, -0.2) is 9.97 Å². The second-order valence-electron chi connectivity index (χ2n) is 2.92. The van der Waals surface area contributed by atoms with E-state index in [0.29, 0.717) is 0 Å². The van der Waals surface area contributed by atoms with Crippen molar-refractivity contribution in [3.63, 3.8) is 0 Å². The minimum absolute atomic E-state index is 0.0663. The van der Waals surface area contributed by atoms with Crippen LogP contribution < -0.4 is 0 Å². The number of hydrogen-bond donors (Lipinski definition) is 0. The Kier molecular flexibility index (Phi) is 3.39. The van der Waals surface area contributed by atoms with Gasteiger partial charge < -0.3 is 4.79 Å². The van der Waals surface area contributed by atoms with Crippen molar-refractivity contribution in [2.45, 2.75) is 18.8 Å². The van der Waals surface area contributed by atoms with Crippen molar-refractivity contribution < 1.29 is 31.1 Å². The van der Waals surface area contributed by atoms with Crippen LogP contribution >= 0.6 is 0 Å². The molecule has 0 aliphatic rings. The topological polar surface area (TPSA) is 42.9 Å². The number of aromatic nitrogens is 2. The van der Waals surface area contributed by atoms with Gasteiger partial charge in [-0.05, 0) is 0 Å². The number of carbonyl (C=O) groups excluding carboxylic acids is 1. The van der Waals surface area contributed by atoms with Crippen molar-refractivity contribution in [1.29, 1.82) is 0 Å². The number of carbonyl (C=O) groups is 1. The van der Waals surface area contributed by atoms with E-state index in [1.165, 1.54) is 0 Å². The van der Waals surface area contributed by atoms with Gasteiger partial charge in [-0.3, -0.25) is 0 Å². The lowest BCUT2D eigenvalue weighted by Gasteiger charge is -2.14. The molecular formula is C8H4F6N2O. The maximum Gasteiger partial charge on any atom is 0.433 e. The molecule has 0 radical (unpaired) electrons. The summed E-state index contributed by atoms with van der Waals surface area (Å²) in [5.74, 6) is 0. The van der Waals surface area contributed by atoms with E-state index < -0.39 is 35.7 Å². The van der Waals surface area contributed by atoms with Gasteiger partial charge in [0.05, 0.1) is 0 Å². The first-order valence-corrected chi connectivity index (χ1v) is 4.10. The van der Waals surface area contributed by atoms with Crippen molar-refractivity contribution in [3.05, 3.63) is 23.3 Å². The third-order valence-corrected chi connectivity index (χ3v) is 1.77. The molecule has 0 unspecified atom stereocenters. The van der Waals surface area contributed by atoms with E-state index in [1.807, 2.05) is 0 Å². The first-order valence-electron chi connectivity index (χ1n) is 4.10. The molecule has 9 heteroatoms. The van der Waals surface area contributed by atoms with Gasteiger partial charge >= 0.3 is 12.4 Å². The summed E-state index contributed by atoms with van der Waals surface area (Å²) in [5, 5.41) is 0. The van der Waals surface area contributed by atoms with Gasteiger partial charge in [-0.2, -0.15) is 26.3 Å². The Morgan fingerprint density at radius 3 is 1.71 bits per heavy atom. The third-order valence-electron chi connectivity index (χ3n) is 1.77. The summed E-state index contributed by atoms with van der Waals surface area (Å²) in [4.78, 5) is 15.6. The molecule has 0 N–H and O–H groups in total. The van der Waals surface area contributed by atoms with Gasteiger partial charge in [0.1, 0.15) is 12.6 Å². The fourth-order valence-electron chi connectivity index (χ4n) is 1.18. The van der Waals surface area contributed by atoms with E-state index in [4.69, 9.17) is 0 Å². The van der Waals surface area contributed by atoms with Crippen LogP contribution in [-0.2, 0) is 23.6 Å². The minimum atomic E-state index is -5.07. The maximum absolute atomic E-state index is 12.4. The van der Waals surface area contributed by atoms with E-state index in [9.17, 15) is 31.1 Å². The second-order valence-corrected chi connectivity index (χ2v) is 2.92. The average molecular weight is 258 g/mol. The van der Waals surface area contributed by atoms with Crippen LogP contribution in [0.1, 0.15) is 17.0 Å². The SMILES string of the molecule is O=CCc1c(C(F)(F)F)ncnc1C(F)(F)F. The van der Waals surface area contributed by atoms with E-state index in [-0.39, 0.29) is 12.6 Å². The van der Waals surface area contributed by atoms with Crippen LogP contribution in [0.5, 0.6) is 0 Å². The van der Waals surface area contributed by atoms with Gasteiger partial charge in [-0.1, -0.05) is 0 Å². The zero-order valence-corrected chi connectivity index (χ0v) is 7.93. The molecule has 0 spiro atoms. The number of aldehydes is 1. The summed E-state index contributed by atoms with van der Waals surface area (Å²) in [6, 6.07) is 0. The molecule has 1 aromatic rings. The van der Waals surface area contributed by atoms with Crippen molar-refractivity contribution >= 4 is 6.29 Å². The van der Waals surface area contributed by atoms with E-state index in [1.54, 1.807) is 0 Å². The average Bonchev–Trinajstić information content (AvgIpc) is 2.15. The molecule has 1 heterocycles. The second kappa shape index (κ2) is 4.30. The standard InChI is InChI=1S/C8H4F6N2O/c9-7(10,11)5-4(1-2-17)6(8(12,13)14)16-3-15-5/h2-3H,1H2. The Balaban J connectivity index is 3.48. The third kappa shape index (κ3) is 2.92. The van der Waals surface area contributed by atoms with Gasteiger partial charge in [0.25, 0.3) is 0 Å². The predicted octanol–water partition coefficient (Wildman–Crippen LogP) is 2.26. The van der Waals surface area contributed by atoms with Gasteiger partial charge in [0.2, 0.25) is 0 Å². The van der Waals surface area contributed by atoms with E-state index in [2.05, 4.69) is 9.97 Å². The highest BCUT2D eigenvalue weighted by molar-refractivity contribution is 5.57. The highest BCUT2D eigenvalue weighted by atomic mass is 19.4. The monoisotopic (exact) mass is 258 g/mol. The molecule has 17 heavy (non-hydrogen) atoms. The van der Waals surface area contributed by atoms with Crippen LogP contribution in [0, 0.1) is 0 Å². The quantitative estimate of drug-likeness (QED) is 0.603. The molecule has 1 rings (SSSR count). The molecule has 1 aromatic heterocycles. The highest BCUT2D eigenvalue weighted by Crippen LogP contribution is 2.36. The van der Waals surface area contributed by atoms with Crippen molar-refractivity contribution in [2.24, 2.45) is 0 Å². The predicted molar refractivity (Wildman–Crippen MR) is 41.8 cm³/mol. The van der Waals surface area contributed by atoms with Crippen LogP contribution in [0.15, 0.2) is 6.33 Å². The molecule has 94 valence electrons. The van der Waals surface area contributed by atoms with Crippen molar-refractivity contribution in [3.8, 4) is 0 Å². The van der Waals surface area contributed by atoms with E-state index in [0.717, 1.165) is 0 Å². The molecule has 0 fully saturated rings. The van der Waals surface area contributed by atoms with Crippen LogP contribution in [0.3, 0.4) is 0 Å². The largest absolute Gasteiger partial charge is 0.433 e. The first-order chi connectivity index (χ1) is 7.68. The minimum Gasteiger partial charge on any atom is -0.303 e.